The normalized spacial score (nSPS) is 11.9. The maximum Gasteiger partial charge on any atom is 0.274 e. The van der Waals surface area contributed by atoms with E-state index < -0.39 is 0 Å². The molecule has 130 valence electrons. The molecule has 1 N–H and O–H groups in total. The minimum Gasteiger partial charge on any atom is -0.496 e. The number of oxazole rings is 1. The van der Waals surface area contributed by atoms with Crippen LogP contribution >= 0.6 is 0 Å². The van der Waals surface area contributed by atoms with Crippen LogP contribution in [0.15, 0.2) is 57.9 Å². The van der Waals surface area contributed by atoms with Gasteiger partial charge in [-0.3, -0.25) is 4.79 Å². The number of methoxy groups -OCH3 is 1. The zero-order chi connectivity index (χ0) is 17.6. The van der Waals surface area contributed by atoms with Gasteiger partial charge in [-0.1, -0.05) is 12.1 Å². The summed E-state index contributed by atoms with van der Waals surface area (Å²) in [5, 5.41) is 2.95. The number of carbonyl (C=O) groups excluding carboxylic acids is 1. The summed E-state index contributed by atoms with van der Waals surface area (Å²) >= 11 is 0. The van der Waals surface area contributed by atoms with E-state index in [0.29, 0.717) is 17.1 Å². The SMILES string of the molecule is COc1ccccc1-c1ocnc1C(=O)N[C@H](C)CCc1ccco1. The van der Waals surface area contributed by atoms with Gasteiger partial charge in [-0.2, -0.15) is 0 Å². The molecule has 0 bridgehead atoms. The Balaban J connectivity index is 1.70. The molecule has 6 nitrogen and oxygen atoms in total. The summed E-state index contributed by atoms with van der Waals surface area (Å²) in [6, 6.07) is 11.1. The van der Waals surface area contributed by atoms with Gasteiger partial charge in [-0.05, 0) is 37.6 Å². The van der Waals surface area contributed by atoms with Crippen molar-refractivity contribution >= 4 is 5.91 Å². The predicted molar refractivity (Wildman–Crippen MR) is 92.4 cm³/mol. The maximum absolute atomic E-state index is 12.6. The van der Waals surface area contributed by atoms with Gasteiger partial charge in [-0.15, -0.1) is 0 Å². The summed E-state index contributed by atoms with van der Waals surface area (Å²) in [6.07, 6.45) is 4.44. The van der Waals surface area contributed by atoms with Gasteiger partial charge in [0, 0.05) is 12.5 Å². The van der Waals surface area contributed by atoms with Crippen LogP contribution in [0.2, 0.25) is 0 Å². The van der Waals surface area contributed by atoms with Crippen molar-refractivity contribution in [1.29, 1.82) is 0 Å². The fraction of sp³-hybridized carbons (Fsp3) is 0.263. The third-order valence-electron chi connectivity index (χ3n) is 3.92. The minimum absolute atomic E-state index is 0.0279. The van der Waals surface area contributed by atoms with Crippen molar-refractivity contribution in [3.05, 3.63) is 60.5 Å². The molecule has 1 aromatic carbocycles. The first-order chi connectivity index (χ1) is 12.2. The number of nitrogens with zero attached hydrogens (tertiary/aromatic N) is 1. The van der Waals surface area contributed by atoms with E-state index in [0.717, 1.165) is 18.6 Å². The van der Waals surface area contributed by atoms with Crippen LogP contribution in [0.3, 0.4) is 0 Å². The molecule has 0 saturated heterocycles. The first-order valence-corrected chi connectivity index (χ1v) is 8.09. The number of hydrogen-bond acceptors (Lipinski definition) is 5. The molecule has 3 aromatic rings. The summed E-state index contributed by atoms with van der Waals surface area (Å²) in [6.45, 7) is 1.95. The third-order valence-corrected chi connectivity index (χ3v) is 3.92. The average molecular weight is 340 g/mol. The Bertz CT molecular complexity index is 824. The van der Waals surface area contributed by atoms with E-state index in [1.165, 1.54) is 6.39 Å². The number of carbonyl (C=O) groups is 1. The number of aryl methyl sites for hydroxylation is 1. The first-order valence-electron chi connectivity index (χ1n) is 8.09. The molecule has 2 aromatic heterocycles. The van der Waals surface area contributed by atoms with Crippen LogP contribution in [-0.2, 0) is 6.42 Å². The van der Waals surface area contributed by atoms with Crippen LogP contribution in [-0.4, -0.2) is 24.0 Å². The summed E-state index contributed by atoms with van der Waals surface area (Å²) < 4.78 is 16.1. The van der Waals surface area contributed by atoms with Crippen molar-refractivity contribution in [1.82, 2.24) is 10.3 Å². The largest absolute Gasteiger partial charge is 0.496 e. The topological polar surface area (TPSA) is 77.5 Å². The zero-order valence-corrected chi connectivity index (χ0v) is 14.2. The summed E-state index contributed by atoms with van der Waals surface area (Å²) in [4.78, 5) is 16.7. The van der Waals surface area contributed by atoms with Gasteiger partial charge in [0.15, 0.2) is 17.8 Å². The van der Waals surface area contributed by atoms with Crippen LogP contribution in [0.25, 0.3) is 11.3 Å². The van der Waals surface area contributed by atoms with Crippen molar-refractivity contribution < 1.29 is 18.4 Å². The Morgan fingerprint density at radius 2 is 2.08 bits per heavy atom. The average Bonchev–Trinajstić information content (AvgIpc) is 3.31. The van der Waals surface area contributed by atoms with E-state index in [9.17, 15) is 4.79 Å². The fourth-order valence-electron chi connectivity index (χ4n) is 2.61. The minimum atomic E-state index is -0.276. The van der Waals surface area contributed by atoms with Gasteiger partial charge >= 0.3 is 0 Å². The van der Waals surface area contributed by atoms with Crippen LogP contribution < -0.4 is 10.1 Å². The van der Waals surface area contributed by atoms with Gasteiger partial charge in [0.05, 0.1) is 18.9 Å². The first kappa shape index (κ1) is 16.8. The molecule has 0 fully saturated rings. The molecule has 0 spiro atoms. The third kappa shape index (κ3) is 3.91. The number of hydrogen-bond donors (Lipinski definition) is 1. The van der Waals surface area contributed by atoms with Crippen molar-refractivity contribution in [2.24, 2.45) is 0 Å². The Morgan fingerprint density at radius 3 is 2.84 bits per heavy atom. The van der Waals surface area contributed by atoms with E-state index in [1.807, 2.05) is 43.3 Å². The second kappa shape index (κ2) is 7.70. The highest BCUT2D eigenvalue weighted by atomic mass is 16.5. The number of ether oxygens (including phenoxy) is 1. The maximum atomic E-state index is 12.6. The van der Waals surface area contributed by atoms with Crippen LogP contribution in [0.4, 0.5) is 0 Å². The molecule has 3 rings (SSSR count). The lowest BCUT2D eigenvalue weighted by Crippen LogP contribution is -2.33. The summed E-state index contributed by atoms with van der Waals surface area (Å²) in [5.74, 6) is 1.64. The van der Waals surface area contributed by atoms with E-state index in [1.54, 1.807) is 13.4 Å². The molecular weight excluding hydrogens is 320 g/mol. The van der Waals surface area contributed by atoms with E-state index >= 15 is 0 Å². The quantitative estimate of drug-likeness (QED) is 0.710. The van der Waals surface area contributed by atoms with E-state index in [-0.39, 0.29) is 17.6 Å². The van der Waals surface area contributed by atoms with Gasteiger partial charge in [-0.25, -0.2) is 4.98 Å². The highest BCUT2D eigenvalue weighted by molar-refractivity contribution is 5.98. The molecule has 0 aliphatic carbocycles. The Kier molecular flexibility index (Phi) is 5.18. The van der Waals surface area contributed by atoms with Crippen LogP contribution in [0.1, 0.15) is 29.6 Å². The van der Waals surface area contributed by atoms with Crippen molar-refractivity contribution in [3.8, 4) is 17.1 Å². The van der Waals surface area contributed by atoms with Crippen molar-refractivity contribution in [2.45, 2.75) is 25.8 Å². The second-order valence-electron chi connectivity index (χ2n) is 5.72. The summed E-state index contributed by atoms with van der Waals surface area (Å²) in [5.41, 5.74) is 0.935. The Hall–Kier alpha value is -3.02. The number of amides is 1. The van der Waals surface area contributed by atoms with Gasteiger partial charge in [0.25, 0.3) is 5.91 Å². The molecular formula is C19H20N2O4. The van der Waals surface area contributed by atoms with Gasteiger partial charge in [0.2, 0.25) is 0 Å². The van der Waals surface area contributed by atoms with E-state index in [2.05, 4.69) is 10.3 Å². The number of nitrogens with one attached hydrogen (secondary N) is 1. The number of para-hydroxylation sites is 1. The molecule has 2 heterocycles. The lowest BCUT2D eigenvalue weighted by molar-refractivity contribution is 0.0934. The highest BCUT2D eigenvalue weighted by Crippen LogP contribution is 2.31. The van der Waals surface area contributed by atoms with Crippen LogP contribution in [0.5, 0.6) is 5.75 Å². The number of benzene rings is 1. The van der Waals surface area contributed by atoms with Gasteiger partial charge < -0.3 is 18.9 Å². The number of furan rings is 1. The smallest absolute Gasteiger partial charge is 0.274 e. The number of rotatable bonds is 7. The zero-order valence-electron chi connectivity index (χ0n) is 14.2. The van der Waals surface area contributed by atoms with Crippen molar-refractivity contribution in [3.63, 3.8) is 0 Å². The molecule has 1 atom stereocenters. The van der Waals surface area contributed by atoms with Gasteiger partial charge in [0.1, 0.15) is 11.5 Å². The second-order valence-corrected chi connectivity index (χ2v) is 5.72. The van der Waals surface area contributed by atoms with E-state index in [4.69, 9.17) is 13.6 Å². The monoisotopic (exact) mass is 340 g/mol. The standard InChI is InChI=1S/C19H20N2O4/c1-13(9-10-14-6-5-11-24-14)21-19(22)17-18(25-12-20-17)15-7-3-4-8-16(15)23-2/h3-8,11-13H,9-10H2,1-2H3,(H,21,22)/t13-/m1/s1. The van der Waals surface area contributed by atoms with Crippen LogP contribution in [0, 0.1) is 0 Å². The fourth-order valence-corrected chi connectivity index (χ4v) is 2.61. The predicted octanol–water partition coefficient (Wildman–Crippen LogP) is 3.69. The lowest BCUT2D eigenvalue weighted by Gasteiger charge is -2.13. The lowest BCUT2D eigenvalue weighted by atomic mass is 10.1. The Labute approximate surface area is 145 Å². The molecule has 6 heteroatoms. The highest BCUT2D eigenvalue weighted by Gasteiger charge is 2.22. The molecule has 25 heavy (non-hydrogen) atoms. The number of aromatic nitrogens is 1. The molecule has 0 aliphatic rings. The molecule has 0 saturated carbocycles. The van der Waals surface area contributed by atoms with Crippen molar-refractivity contribution in [2.75, 3.05) is 7.11 Å². The molecule has 0 radical (unpaired) electrons. The summed E-state index contributed by atoms with van der Waals surface area (Å²) in [7, 11) is 1.58. The Morgan fingerprint density at radius 1 is 1.24 bits per heavy atom. The molecule has 0 aliphatic heterocycles. The molecule has 0 unspecified atom stereocenters. The molecule has 1 amide bonds.